The monoisotopic (exact) mass is 406 g/mol. The van der Waals surface area contributed by atoms with Crippen molar-refractivity contribution in [2.75, 3.05) is 26.2 Å². The SMILES string of the molecule is CN(C)C1=c2ccccc2=C2[NH2+]N(c3ccc(C(F)(F)F)cc3)C(O)=C2N1C.[OH-]. The van der Waals surface area contributed by atoms with E-state index in [9.17, 15) is 18.3 Å². The van der Waals surface area contributed by atoms with Crippen molar-refractivity contribution in [3.63, 3.8) is 0 Å². The molecule has 0 aliphatic carbocycles. The molecule has 2 aliphatic heterocycles. The number of aliphatic hydroxyl groups excluding tert-OH is 1. The molecule has 29 heavy (non-hydrogen) atoms. The second-order valence-electron chi connectivity index (χ2n) is 6.95. The number of nitrogens with two attached hydrogens (primary N) is 1. The van der Waals surface area contributed by atoms with E-state index < -0.39 is 11.7 Å². The minimum Gasteiger partial charge on any atom is -0.870 e. The van der Waals surface area contributed by atoms with Gasteiger partial charge in [0.05, 0.1) is 16.5 Å². The molecule has 0 spiro atoms. The highest BCUT2D eigenvalue weighted by Gasteiger charge is 2.40. The van der Waals surface area contributed by atoms with Crippen molar-refractivity contribution in [3.05, 3.63) is 76.1 Å². The van der Waals surface area contributed by atoms with Gasteiger partial charge in [0.25, 0.3) is 5.88 Å². The van der Waals surface area contributed by atoms with Crippen LogP contribution in [-0.2, 0) is 6.18 Å². The molecule has 2 heterocycles. The maximum atomic E-state index is 12.9. The maximum Gasteiger partial charge on any atom is 0.416 e. The van der Waals surface area contributed by atoms with Gasteiger partial charge in [0, 0.05) is 26.4 Å². The fraction of sp³-hybridized carbons (Fsp3) is 0.200. The summed E-state index contributed by atoms with van der Waals surface area (Å²) >= 11 is 0. The number of quaternary nitrogens is 1. The Labute approximate surface area is 165 Å². The van der Waals surface area contributed by atoms with Crippen molar-refractivity contribution in [1.29, 1.82) is 0 Å². The summed E-state index contributed by atoms with van der Waals surface area (Å²) in [6, 6.07) is 12.6. The highest BCUT2D eigenvalue weighted by molar-refractivity contribution is 5.70. The molecule has 0 saturated heterocycles. The van der Waals surface area contributed by atoms with Crippen molar-refractivity contribution in [2.24, 2.45) is 0 Å². The number of fused-ring (bicyclic) bond motifs is 2. The number of alkyl halides is 3. The van der Waals surface area contributed by atoms with E-state index in [4.69, 9.17) is 0 Å². The molecule has 2 aromatic carbocycles. The van der Waals surface area contributed by atoms with Gasteiger partial charge in [-0.3, -0.25) is 0 Å². The third kappa shape index (κ3) is 3.18. The van der Waals surface area contributed by atoms with Crippen molar-refractivity contribution < 1.29 is 29.2 Å². The first-order valence-corrected chi connectivity index (χ1v) is 8.70. The molecule has 0 atom stereocenters. The lowest BCUT2D eigenvalue weighted by Crippen LogP contribution is -2.90. The summed E-state index contributed by atoms with van der Waals surface area (Å²) in [5.41, 5.74) is 2.92. The standard InChI is InChI=1S/C20H19F3N4O.H2O/c1-25(2)18-15-7-5-4-6-14(15)16-17(26(18)3)19(28)27(24-16)13-10-8-12(9-11-13)20(21,22)23;/h4-11,24,28H,1-3H3;1H2. The Bertz CT molecular complexity index is 1090. The number of rotatable bonds is 2. The van der Waals surface area contributed by atoms with E-state index >= 15 is 0 Å². The minimum atomic E-state index is -4.40. The van der Waals surface area contributed by atoms with Gasteiger partial charge in [-0.15, -0.1) is 0 Å². The molecule has 0 unspecified atom stereocenters. The molecule has 9 heteroatoms. The van der Waals surface area contributed by atoms with E-state index in [0.29, 0.717) is 11.4 Å². The Balaban J connectivity index is 0.00000240. The molecule has 4 N–H and O–H groups in total. The van der Waals surface area contributed by atoms with Gasteiger partial charge in [0.1, 0.15) is 5.82 Å². The van der Waals surface area contributed by atoms with Crippen molar-refractivity contribution in [1.82, 2.24) is 9.80 Å². The second kappa shape index (κ2) is 7.02. The summed E-state index contributed by atoms with van der Waals surface area (Å²) < 4.78 is 38.6. The molecule has 154 valence electrons. The molecule has 0 fully saturated rings. The highest BCUT2D eigenvalue weighted by atomic mass is 19.4. The van der Waals surface area contributed by atoms with Crippen molar-refractivity contribution in [3.8, 4) is 0 Å². The summed E-state index contributed by atoms with van der Waals surface area (Å²) in [6.45, 7) is 0. The third-order valence-electron chi connectivity index (χ3n) is 4.96. The molecular weight excluding hydrogens is 385 g/mol. The quantitative estimate of drug-likeness (QED) is 0.726. The van der Waals surface area contributed by atoms with Crippen LogP contribution in [0.3, 0.4) is 0 Å². The van der Waals surface area contributed by atoms with Gasteiger partial charge in [-0.1, -0.05) is 18.2 Å². The lowest BCUT2D eigenvalue weighted by molar-refractivity contribution is -0.568. The van der Waals surface area contributed by atoms with Gasteiger partial charge >= 0.3 is 6.18 Å². The summed E-state index contributed by atoms with van der Waals surface area (Å²) in [6.07, 6.45) is -4.40. The highest BCUT2D eigenvalue weighted by Crippen LogP contribution is 2.32. The number of hydrogen-bond acceptors (Lipinski definition) is 5. The fourth-order valence-electron chi connectivity index (χ4n) is 3.76. The summed E-state index contributed by atoms with van der Waals surface area (Å²) in [5.74, 6) is 0.898. The van der Waals surface area contributed by atoms with Gasteiger partial charge in [-0.25, -0.2) is 5.43 Å². The molecule has 2 aliphatic rings. The Morgan fingerprint density at radius 3 is 2.10 bits per heavy atom. The molecule has 0 saturated carbocycles. The predicted molar refractivity (Wildman–Crippen MR) is 101 cm³/mol. The fourth-order valence-corrected chi connectivity index (χ4v) is 3.76. The summed E-state index contributed by atoms with van der Waals surface area (Å²) in [4.78, 5) is 3.87. The number of anilines is 1. The molecular formula is C20H21F3N4O2. The number of likely N-dealkylation sites (N-methyl/N-ethyl adjacent to an activating group) is 1. The van der Waals surface area contributed by atoms with Crippen LogP contribution in [0.5, 0.6) is 0 Å². The third-order valence-corrected chi connectivity index (χ3v) is 4.96. The van der Waals surface area contributed by atoms with Crippen LogP contribution in [0.4, 0.5) is 18.9 Å². The second-order valence-corrected chi connectivity index (χ2v) is 6.95. The van der Waals surface area contributed by atoms with Crippen LogP contribution in [-0.4, -0.2) is 41.5 Å². The Morgan fingerprint density at radius 2 is 1.55 bits per heavy atom. The first-order chi connectivity index (χ1) is 13.2. The molecule has 2 aromatic rings. The van der Waals surface area contributed by atoms with Crippen molar-refractivity contribution in [2.45, 2.75) is 6.18 Å². The van der Waals surface area contributed by atoms with Crippen LogP contribution < -0.4 is 20.9 Å². The number of hydrogen-bond donors (Lipinski definition) is 2. The van der Waals surface area contributed by atoms with Crippen molar-refractivity contribution >= 4 is 17.2 Å². The van der Waals surface area contributed by atoms with Crippen LogP contribution in [0.2, 0.25) is 0 Å². The van der Waals surface area contributed by atoms with Crippen LogP contribution >= 0.6 is 0 Å². The normalized spacial score (nSPS) is 15.9. The number of benzene rings is 2. The largest absolute Gasteiger partial charge is 0.870 e. The number of aliphatic hydroxyl groups is 1. The Kier molecular flexibility index (Phi) is 4.97. The zero-order valence-corrected chi connectivity index (χ0v) is 16.1. The Morgan fingerprint density at radius 1 is 0.966 bits per heavy atom. The van der Waals surface area contributed by atoms with E-state index in [0.717, 1.165) is 34.1 Å². The molecule has 0 amide bonds. The summed E-state index contributed by atoms with van der Waals surface area (Å²) in [7, 11) is 5.72. The summed E-state index contributed by atoms with van der Waals surface area (Å²) in [5, 5.41) is 14.4. The van der Waals surface area contributed by atoms with Crippen LogP contribution in [0, 0.1) is 0 Å². The maximum absolute atomic E-state index is 12.9. The molecule has 0 radical (unpaired) electrons. The average Bonchev–Trinajstić information content (AvgIpc) is 2.99. The molecule has 0 aromatic heterocycles. The van der Waals surface area contributed by atoms with E-state index in [-0.39, 0.29) is 11.4 Å². The number of nitrogens with zero attached hydrogens (tertiary/aromatic N) is 3. The van der Waals surface area contributed by atoms with Gasteiger partial charge in [-0.2, -0.15) is 18.2 Å². The van der Waals surface area contributed by atoms with Gasteiger partial charge in [0.2, 0.25) is 0 Å². The van der Waals surface area contributed by atoms with E-state index in [1.807, 2.05) is 55.2 Å². The molecule has 6 nitrogen and oxygen atoms in total. The topological polar surface area (TPSA) is 76.6 Å². The smallest absolute Gasteiger partial charge is 0.416 e. The van der Waals surface area contributed by atoms with Gasteiger partial charge < -0.3 is 20.4 Å². The van der Waals surface area contributed by atoms with Gasteiger partial charge in [0.15, 0.2) is 11.4 Å². The zero-order valence-electron chi connectivity index (χ0n) is 16.1. The molecule has 0 bridgehead atoms. The Hall–Kier alpha value is -3.17. The van der Waals surface area contributed by atoms with Crippen LogP contribution in [0.1, 0.15) is 5.56 Å². The first kappa shape index (κ1) is 20.6. The van der Waals surface area contributed by atoms with Crippen LogP contribution in [0.15, 0.2) is 60.1 Å². The first-order valence-electron chi connectivity index (χ1n) is 8.70. The van der Waals surface area contributed by atoms with Crippen LogP contribution in [0.25, 0.3) is 11.5 Å². The lowest BCUT2D eigenvalue weighted by Gasteiger charge is -2.30. The van der Waals surface area contributed by atoms with E-state index in [1.165, 1.54) is 17.1 Å². The zero-order chi connectivity index (χ0) is 20.2. The van der Waals surface area contributed by atoms with E-state index in [2.05, 4.69) is 0 Å². The number of halogens is 3. The molecule has 4 rings (SSSR count). The lowest BCUT2D eigenvalue weighted by atomic mass is 10.1. The van der Waals surface area contributed by atoms with E-state index in [1.54, 1.807) is 5.43 Å². The minimum absolute atomic E-state index is 0. The average molecular weight is 406 g/mol. The van der Waals surface area contributed by atoms with Gasteiger partial charge in [-0.05, 0) is 30.3 Å². The predicted octanol–water partition coefficient (Wildman–Crippen LogP) is 0.935.